The number of nitrogens with one attached hydrogen (secondary N) is 2. The van der Waals surface area contributed by atoms with E-state index in [1.165, 1.54) is 6.92 Å². The Morgan fingerprint density at radius 3 is 1.85 bits per heavy atom. The molecule has 0 aliphatic rings. The number of carbonyl (C=O) groups is 4. The second-order valence-electron chi connectivity index (χ2n) is 8.73. The molecule has 0 aromatic heterocycles. The third-order valence-corrected chi connectivity index (χ3v) is 5.14. The smallest absolute Gasteiger partial charge is 0.329 e. The van der Waals surface area contributed by atoms with E-state index in [-0.39, 0.29) is 29.4 Å². The number of rotatable bonds is 9. The van der Waals surface area contributed by atoms with Crippen LogP contribution >= 0.6 is 0 Å². The summed E-state index contributed by atoms with van der Waals surface area (Å²) in [4.78, 5) is 49.8. The maximum Gasteiger partial charge on any atom is 0.329 e. The zero-order valence-electron chi connectivity index (χ0n) is 20.0. The zero-order chi connectivity index (χ0) is 24.7. The summed E-state index contributed by atoms with van der Waals surface area (Å²) >= 11 is 0. The topological polar surface area (TPSA) is 102 Å². The van der Waals surface area contributed by atoms with Gasteiger partial charge in [0.15, 0.2) is 6.10 Å². The molecule has 2 rings (SSSR count). The predicted octanol–water partition coefficient (Wildman–Crippen LogP) is 4.16. The van der Waals surface area contributed by atoms with Crippen molar-refractivity contribution in [3.05, 3.63) is 65.2 Å². The molecule has 2 N–H and O–H groups in total. The molecule has 2 amide bonds. The summed E-state index contributed by atoms with van der Waals surface area (Å²) in [7, 11) is 0. The van der Waals surface area contributed by atoms with Gasteiger partial charge >= 0.3 is 5.97 Å². The summed E-state index contributed by atoms with van der Waals surface area (Å²) in [5.74, 6) is -1.96. The van der Waals surface area contributed by atoms with E-state index in [1.54, 1.807) is 64.1 Å². The molecule has 1 unspecified atom stereocenters. The number of esters is 1. The van der Waals surface area contributed by atoms with Gasteiger partial charge in [0, 0.05) is 22.7 Å². The lowest BCUT2D eigenvalue weighted by Gasteiger charge is -2.23. The SMILES string of the molecule is Cc1ccc(C(=O)N[C@H](C(=O)OC(C)C(=O)c2ccc(NC(=O)C(C)C)cc2)C(C)C)cc1. The van der Waals surface area contributed by atoms with E-state index < -0.39 is 18.1 Å². The average Bonchev–Trinajstić information content (AvgIpc) is 2.77. The molecule has 176 valence electrons. The number of hydrogen-bond donors (Lipinski definition) is 2. The van der Waals surface area contributed by atoms with Crippen LogP contribution in [-0.2, 0) is 14.3 Å². The van der Waals surface area contributed by atoms with E-state index in [9.17, 15) is 19.2 Å². The summed E-state index contributed by atoms with van der Waals surface area (Å²) < 4.78 is 5.40. The lowest BCUT2D eigenvalue weighted by molar-refractivity contribution is -0.149. The van der Waals surface area contributed by atoms with Crippen molar-refractivity contribution in [2.45, 2.75) is 53.7 Å². The van der Waals surface area contributed by atoms with Crippen LogP contribution in [0.5, 0.6) is 0 Å². The van der Waals surface area contributed by atoms with E-state index in [0.29, 0.717) is 16.8 Å². The molecule has 0 fully saturated rings. The number of aryl methyl sites for hydroxylation is 1. The van der Waals surface area contributed by atoms with Crippen LogP contribution in [0.4, 0.5) is 5.69 Å². The van der Waals surface area contributed by atoms with E-state index >= 15 is 0 Å². The molecule has 7 heteroatoms. The first-order chi connectivity index (χ1) is 15.5. The molecule has 0 saturated carbocycles. The first-order valence-electron chi connectivity index (χ1n) is 11.0. The van der Waals surface area contributed by atoms with E-state index in [4.69, 9.17) is 4.74 Å². The van der Waals surface area contributed by atoms with Crippen LogP contribution in [0, 0.1) is 18.8 Å². The highest BCUT2D eigenvalue weighted by molar-refractivity contribution is 6.01. The highest BCUT2D eigenvalue weighted by Gasteiger charge is 2.29. The molecule has 0 aliphatic heterocycles. The van der Waals surface area contributed by atoms with Gasteiger partial charge in [0.25, 0.3) is 5.91 Å². The van der Waals surface area contributed by atoms with Gasteiger partial charge in [-0.1, -0.05) is 45.4 Å². The molecule has 2 atom stereocenters. The Morgan fingerprint density at radius 2 is 1.33 bits per heavy atom. The van der Waals surface area contributed by atoms with Crippen LogP contribution < -0.4 is 10.6 Å². The Hall–Kier alpha value is -3.48. The van der Waals surface area contributed by atoms with Gasteiger partial charge in [-0.05, 0) is 56.2 Å². The summed E-state index contributed by atoms with van der Waals surface area (Å²) in [6.45, 7) is 10.6. The molecule has 0 bridgehead atoms. The Labute approximate surface area is 194 Å². The number of ether oxygens (including phenoxy) is 1. The van der Waals surface area contributed by atoms with Crippen molar-refractivity contribution in [1.82, 2.24) is 5.32 Å². The summed E-state index contributed by atoms with van der Waals surface area (Å²) in [6.07, 6.45) is -1.04. The number of benzene rings is 2. The average molecular weight is 453 g/mol. The van der Waals surface area contributed by atoms with Crippen molar-refractivity contribution in [3.63, 3.8) is 0 Å². The summed E-state index contributed by atoms with van der Waals surface area (Å²) in [5.41, 5.74) is 2.39. The lowest BCUT2D eigenvalue weighted by atomic mass is 10.0. The van der Waals surface area contributed by atoms with Gasteiger partial charge in [-0.3, -0.25) is 14.4 Å². The molecular weight excluding hydrogens is 420 g/mol. The second kappa shape index (κ2) is 11.4. The van der Waals surface area contributed by atoms with Crippen molar-refractivity contribution in [2.24, 2.45) is 11.8 Å². The quantitative estimate of drug-likeness (QED) is 0.439. The van der Waals surface area contributed by atoms with Crippen LogP contribution in [0.3, 0.4) is 0 Å². The van der Waals surface area contributed by atoms with Crippen molar-refractivity contribution in [3.8, 4) is 0 Å². The van der Waals surface area contributed by atoms with E-state index in [1.807, 2.05) is 19.1 Å². The van der Waals surface area contributed by atoms with Crippen molar-refractivity contribution >= 4 is 29.3 Å². The minimum Gasteiger partial charge on any atom is -0.453 e. The number of Topliss-reactive ketones (excluding diaryl/α,β-unsaturated/α-hetero) is 1. The third kappa shape index (κ3) is 7.27. The van der Waals surface area contributed by atoms with Crippen LogP contribution in [0.2, 0.25) is 0 Å². The van der Waals surface area contributed by atoms with Gasteiger partial charge in [-0.2, -0.15) is 0 Å². The van der Waals surface area contributed by atoms with Crippen molar-refractivity contribution in [2.75, 3.05) is 5.32 Å². The van der Waals surface area contributed by atoms with Gasteiger partial charge in [0.2, 0.25) is 11.7 Å². The number of ketones is 1. The normalized spacial score (nSPS) is 12.7. The predicted molar refractivity (Wildman–Crippen MR) is 127 cm³/mol. The molecule has 7 nitrogen and oxygen atoms in total. The maximum absolute atomic E-state index is 12.8. The van der Waals surface area contributed by atoms with Crippen LogP contribution in [0.25, 0.3) is 0 Å². The van der Waals surface area contributed by atoms with Crippen molar-refractivity contribution in [1.29, 1.82) is 0 Å². The van der Waals surface area contributed by atoms with E-state index in [2.05, 4.69) is 10.6 Å². The zero-order valence-corrected chi connectivity index (χ0v) is 20.0. The molecule has 0 spiro atoms. The molecule has 0 aliphatic carbocycles. The number of anilines is 1. The molecule has 2 aromatic rings. The Morgan fingerprint density at radius 1 is 0.788 bits per heavy atom. The van der Waals surface area contributed by atoms with Gasteiger partial charge < -0.3 is 15.4 Å². The number of amides is 2. The second-order valence-corrected chi connectivity index (χ2v) is 8.73. The Bertz CT molecular complexity index is 994. The largest absolute Gasteiger partial charge is 0.453 e. The van der Waals surface area contributed by atoms with Gasteiger partial charge in [0.1, 0.15) is 6.04 Å². The van der Waals surface area contributed by atoms with Crippen LogP contribution in [-0.4, -0.2) is 35.7 Å². The number of carbonyl (C=O) groups excluding carboxylic acids is 4. The van der Waals surface area contributed by atoms with E-state index in [0.717, 1.165) is 5.56 Å². The van der Waals surface area contributed by atoms with Gasteiger partial charge in [-0.15, -0.1) is 0 Å². The minimum atomic E-state index is -1.04. The minimum absolute atomic E-state index is 0.121. The summed E-state index contributed by atoms with van der Waals surface area (Å²) in [6, 6.07) is 12.5. The number of hydrogen-bond acceptors (Lipinski definition) is 5. The fraction of sp³-hybridized carbons (Fsp3) is 0.385. The van der Waals surface area contributed by atoms with Gasteiger partial charge in [0.05, 0.1) is 0 Å². The first-order valence-corrected chi connectivity index (χ1v) is 11.0. The third-order valence-electron chi connectivity index (χ3n) is 5.14. The molecule has 2 aromatic carbocycles. The van der Waals surface area contributed by atoms with Crippen LogP contribution in [0.1, 0.15) is 60.9 Å². The molecule has 0 radical (unpaired) electrons. The fourth-order valence-corrected chi connectivity index (χ4v) is 2.97. The fourth-order valence-electron chi connectivity index (χ4n) is 2.97. The summed E-state index contributed by atoms with van der Waals surface area (Å²) in [5, 5.41) is 5.46. The van der Waals surface area contributed by atoms with Gasteiger partial charge in [-0.25, -0.2) is 4.79 Å². The first kappa shape index (κ1) is 25.8. The lowest BCUT2D eigenvalue weighted by Crippen LogP contribution is -2.46. The standard InChI is InChI=1S/C26H32N2O5/c1-15(2)22(28-25(31)20-9-7-17(5)8-10-20)26(32)33-18(6)23(29)19-11-13-21(14-12-19)27-24(30)16(3)4/h7-16,18,22H,1-6H3,(H,27,30)(H,28,31)/t18?,22-/m0/s1. The van der Waals surface area contributed by atoms with Crippen LogP contribution in [0.15, 0.2) is 48.5 Å². The molecule has 0 saturated heterocycles. The molecule has 0 heterocycles. The Kier molecular flexibility index (Phi) is 8.91. The molecular formula is C26H32N2O5. The highest BCUT2D eigenvalue weighted by Crippen LogP contribution is 2.15. The molecule has 33 heavy (non-hydrogen) atoms. The highest BCUT2D eigenvalue weighted by atomic mass is 16.5. The monoisotopic (exact) mass is 452 g/mol. The Balaban J connectivity index is 2.02. The maximum atomic E-state index is 12.8. The van der Waals surface area contributed by atoms with Crippen molar-refractivity contribution < 1.29 is 23.9 Å².